The molecule has 2 rings (SSSR count). The molecule has 0 atom stereocenters. The maximum absolute atomic E-state index is 13.5. The highest BCUT2D eigenvalue weighted by atomic mass is 35.5. The lowest BCUT2D eigenvalue weighted by molar-refractivity contribution is -0.137. The highest BCUT2D eigenvalue weighted by Crippen LogP contribution is 2.32. The highest BCUT2D eigenvalue weighted by Gasteiger charge is 2.31. The third-order valence-electron chi connectivity index (χ3n) is 2.78. The maximum atomic E-state index is 13.5. The largest absolute Gasteiger partial charge is 0.416 e. The van der Waals surface area contributed by atoms with E-state index < -0.39 is 23.4 Å². The first-order valence-corrected chi connectivity index (χ1v) is 6.20. The van der Waals surface area contributed by atoms with Gasteiger partial charge in [-0.2, -0.15) is 13.2 Å². The van der Waals surface area contributed by atoms with E-state index >= 15 is 0 Å². The number of hydrogen-bond acceptors (Lipinski definition) is 1. The summed E-state index contributed by atoms with van der Waals surface area (Å²) in [6, 6.07) is 5.66. The standard InChI is InChI=1S/C14H9ClF5N/c15-11-6-10(16)3-1-8(11)7-21-13-5-9(14(18,19)20)2-4-12(13)17/h1-6,21H,7H2. The number of anilines is 1. The van der Waals surface area contributed by atoms with Crippen molar-refractivity contribution in [2.24, 2.45) is 0 Å². The summed E-state index contributed by atoms with van der Waals surface area (Å²) in [6.45, 7) is -0.0304. The van der Waals surface area contributed by atoms with E-state index in [-0.39, 0.29) is 17.3 Å². The molecule has 0 heterocycles. The van der Waals surface area contributed by atoms with Crippen molar-refractivity contribution < 1.29 is 22.0 Å². The molecule has 112 valence electrons. The zero-order valence-corrected chi connectivity index (χ0v) is 11.2. The van der Waals surface area contributed by atoms with Crippen molar-refractivity contribution in [2.75, 3.05) is 5.32 Å². The van der Waals surface area contributed by atoms with Crippen LogP contribution in [0.2, 0.25) is 5.02 Å². The number of benzene rings is 2. The molecule has 21 heavy (non-hydrogen) atoms. The molecule has 7 heteroatoms. The van der Waals surface area contributed by atoms with Crippen LogP contribution in [0.5, 0.6) is 0 Å². The van der Waals surface area contributed by atoms with Crippen molar-refractivity contribution in [3.63, 3.8) is 0 Å². The molecule has 0 aliphatic heterocycles. The van der Waals surface area contributed by atoms with Crippen molar-refractivity contribution in [3.05, 3.63) is 64.2 Å². The Kier molecular flexibility index (Phi) is 4.37. The van der Waals surface area contributed by atoms with Gasteiger partial charge in [0.15, 0.2) is 0 Å². The van der Waals surface area contributed by atoms with Gasteiger partial charge in [-0.05, 0) is 35.9 Å². The van der Waals surface area contributed by atoms with Gasteiger partial charge in [-0.15, -0.1) is 0 Å². The molecule has 1 nitrogen and oxygen atoms in total. The van der Waals surface area contributed by atoms with E-state index in [9.17, 15) is 22.0 Å². The Morgan fingerprint density at radius 3 is 2.33 bits per heavy atom. The second-order valence-electron chi connectivity index (χ2n) is 4.28. The SMILES string of the molecule is Fc1ccc(CNc2cc(C(F)(F)F)ccc2F)c(Cl)c1. The van der Waals surface area contributed by atoms with Gasteiger partial charge in [0, 0.05) is 11.6 Å². The Balaban J connectivity index is 2.19. The van der Waals surface area contributed by atoms with E-state index in [0.717, 1.165) is 18.2 Å². The molecule has 0 fully saturated rings. The Labute approximate surface area is 122 Å². The van der Waals surface area contributed by atoms with Crippen LogP contribution in [-0.2, 0) is 12.7 Å². The number of nitrogens with one attached hydrogen (secondary N) is 1. The zero-order chi connectivity index (χ0) is 15.6. The molecule has 0 aliphatic rings. The van der Waals surface area contributed by atoms with E-state index in [4.69, 9.17) is 11.6 Å². The van der Waals surface area contributed by atoms with E-state index in [2.05, 4.69) is 5.32 Å². The molecule has 0 saturated heterocycles. The molecular formula is C14H9ClF5N. The van der Waals surface area contributed by atoms with Gasteiger partial charge in [0.2, 0.25) is 0 Å². The van der Waals surface area contributed by atoms with Crippen LogP contribution in [0.3, 0.4) is 0 Å². The highest BCUT2D eigenvalue weighted by molar-refractivity contribution is 6.31. The molecule has 2 aromatic carbocycles. The predicted molar refractivity (Wildman–Crippen MR) is 70.1 cm³/mol. The summed E-state index contributed by atoms with van der Waals surface area (Å²) in [6.07, 6.45) is -4.56. The molecule has 0 spiro atoms. The minimum absolute atomic E-state index is 0.0304. The lowest BCUT2D eigenvalue weighted by Crippen LogP contribution is -2.08. The Hall–Kier alpha value is -1.82. The molecule has 0 radical (unpaired) electrons. The van der Waals surface area contributed by atoms with Crippen molar-refractivity contribution >= 4 is 17.3 Å². The molecule has 0 unspecified atom stereocenters. The first-order valence-electron chi connectivity index (χ1n) is 5.82. The van der Waals surface area contributed by atoms with Crippen LogP contribution < -0.4 is 5.32 Å². The third kappa shape index (κ3) is 3.85. The fourth-order valence-electron chi connectivity index (χ4n) is 1.69. The fourth-order valence-corrected chi connectivity index (χ4v) is 1.93. The summed E-state index contributed by atoms with van der Waals surface area (Å²) in [5, 5.41) is 2.63. The maximum Gasteiger partial charge on any atom is 0.416 e. The smallest absolute Gasteiger partial charge is 0.379 e. The minimum atomic E-state index is -4.56. The number of hydrogen-bond donors (Lipinski definition) is 1. The second kappa shape index (κ2) is 5.89. The average Bonchev–Trinajstić information content (AvgIpc) is 2.38. The van der Waals surface area contributed by atoms with Crippen LogP contribution in [0.25, 0.3) is 0 Å². The van der Waals surface area contributed by atoms with Gasteiger partial charge in [-0.3, -0.25) is 0 Å². The molecule has 0 amide bonds. The number of halogens is 6. The van der Waals surface area contributed by atoms with Gasteiger partial charge in [0.1, 0.15) is 11.6 Å². The van der Waals surface area contributed by atoms with Crippen LogP contribution in [0.1, 0.15) is 11.1 Å². The normalized spacial score (nSPS) is 11.5. The quantitative estimate of drug-likeness (QED) is 0.761. The summed E-state index contributed by atoms with van der Waals surface area (Å²) < 4.78 is 64.0. The van der Waals surface area contributed by atoms with Crippen LogP contribution in [-0.4, -0.2) is 0 Å². The first-order chi connectivity index (χ1) is 9.77. The first kappa shape index (κ1) is 15.6. The minimum Gasteiger partial charge on any atom is -0.379 e. The van der Waals surface area contributed by atoms with E-state index in [0.29, 0.717) is 17.7 Å². The van der Waals surface area contributed by atoms with Gasteiger partial charge in [-0.1, -0.05) is 17.7 Å². The van der Waals surface area contributed by atoms with Crippen LogP contribution in [0.15, 0.2) is 36.4 Å². The van der Waals surface area contributed by atoms with Crippen molar-refractivity contribution in [1.29, 1.82) is 0 Å². The Bertz CT molecular complexity index is 654. The molecule has 0 aromatic heterocycles. The van der Waals surface area contributed by atoms with Crippen LogP contribution >= 0.6 is 11.6 Å². The predicted octanol–water partition coefficient (Wildman–Crippen LogP) is 5.25. The van der Waals surface area contributed by atoms with Gasteiger partial charge in [-0.25, -0.2) is 8.78 Å². The van der Waals surface area contributed by atoms with Gasteiger partial charge >= 0.3 is 6.18 Å². The Morgan fingerprint density at radius 1 is 1.00 bits per heavy atom. The summed E-state index contributed by atoms with van der Waals surface area (Å²) in [7, 11) is 0. The Morgan fingerprint density at radius 2 is 1.71 bits per heavy atom. The molecule has 0 bridgehead atoms. The van der Waals surface area contributed by atoms with Crippen molar-refractivity contribution in [1.82, 2.24) is 0 Å². The van der Waals surface area contributed by atoms with Gasteiger partial charge in [0.25, 0.3) is 0 Å². The van der Waals surface area contributed by atoms with E-state index in [1.807, 2.05) is 0 Å². The van der Waals surface area contributed by atoms with Crippen molar-refractivity contribution in [2.45, 2.75) is 12.7 Å². The second-order valence-corrected chi connectivity index (χ2v) is 4.69. The average molecular weight is 322 g/mol. The number of rotatable bonds is 3. The van der Waals surface area contributed by atoms with Crippen LogP contribution in [0.4, 0.5) is 27.6 Å². The molecule has 0 saturated carbocycles. The topological polar surface area (TPSA) is 12.0 Å². The third-order valence-corrected chi connectivity index (χ3v) is 3.13. The summed E-state index contributed by atoms with van der Waals surface area (Å²) in [5.74, 6) is -1.35. The molecular weight excluding hydrogens is 313 g/mol. The van der Waals surface area contributed by atoms with E-state index in [1.165, 1.54) is 6.07 Å². The molecule has 2 aromatic rings. The summed E-state index contributed by atoms with van der Waals surface area (Å²) >= 11 is 5.79. The molecule has 1 N–H and O–H groups in total. The number of alkyl halides is 3. The molecule has 0 aliphatic carbocycles. The van der Waals surface area contributed by atoms with Gasteiger partial charge in [0.05, 0.1) is 11.3 Å². The summed E-state index contributed by atoms with van der Waals surface area (Å²) in [4.78, 5) is 0. The fraction of sp³-hybridized carbons (Fsp3) is 0.143. The van der Waals surface area contributed by atoms with Crippen LogP contribution in [0, 0.1) is 11.6 Å². The van der Waals surface area contributed by atoms with Gasteiger partial charge < -0.3 is 5.32 Å². The van der Waals surface area contributed by atoms with E-state index in [1.54, 1.807) is 0 Å². The summed E-state index contributed by atoms with van der Waals surface area (Å²) in [5.41, 5.74) is -0.823. The lowest BCUT2D eigenvalue weighted by atomic mass is 10.1. The monoisotopic (exact) mass is 321 g/mol. The zero-order valence-electron chi connectivity index (χ0n) is 10.4. The lowest BCUT2D eigenvalue weighted by Gasteiger charge is -2.12. The van der Waals surface area contributed by atoms with Crippen molar-refractivity contribution in [3.8, 4) is 0 Å².